The second-order valence-electron chi connectivity index (χ2n) is 4.71. The zero-order valence-corrected chi connectivity index (χ0v) is 11.2. The highest BCUT2D eigenvalue weighted by Gasteiger charge is 2.29. The van der Waals surface area contributed by atoms with Gasteiger partial charge in [-0.15, -0.1) is 0 Å². The standard InChI is InChI=1S/C13H17BN2O3/c1-9(17)19-12-7-16(8-12)11-4-2-10(3-5-11)6-15-13(14)18/h2-5,12H,6-8,14H2,1H3,(H,15,18). The van der Waals surface area contributed by atoms with Gasteiger partial charge in [-0.25, -0.2) is 0 Å². The van der Waals surface area contributed by atoms with Crippen LogP contribution in [0.5, 0.6) is 0 Å². The molecule has 2 rings (SSSR count). The summed E-state index contributed by atoms with van der Waals surface area (Å²) in [5.74, 6) is -0.258. The predicted octanol–water partition coefficient (Wildman–Crippen LogP) is 0.281. The minimum Gasteiger partial charge on any atom is -0.459 e. The molecular formula is C13H17BN2O3. The maximum Gasteiger partial charge on any atom is 0.303 e. The lowest BCUT2D eigenvalue weighted by molar-refractivity contribution is -0.147. The molecule has 0 radical (unpaired) electrons. The van der Waals surface area contributed by atoms with E-state index in [4.69, 9.17) is 4.74 Å². The van der Waals surface area contributed by atoms with Crippen LogP contribution in [0.3, 0.4) is 0 Å². The lowest BCUT2D eigenvalue weighted by Crippen LogP contribution is -2.52. The van der Waals surface area contributed by atoms with Gasteiger partial charge in [0, 0.05) is 19.2 Å². The van der Waals surface area contributed by atoms with Gasteiger partial charge in [0.05, 0.1) is 13.1 Å². The number of rotatable bonds is 4. The second-order valence-corrected chi connectivity index (χ2v) is 4.71. The molecule has 1 aliphatic heterocycles. The van der Waals surface area contributed by atoms with Crippen LogP contribution in [0.15, 0.2) is 24.3 Å². The molecule has 100 valence electrons. The number of anilines is 1. The number of ether oxygens (including phenoxy) is 1. The molecule has 0 aromatic heterocycles. The van der Waals surface area contributed by atoms with E-state index in [1.54, 1.807) is 0 Å². The third kappa shape index (κ3) is 3.74. The van der Waals surface area contributed by atoms with Crippen molar-refractivity contribution < 1.29 is 14.3 Å². The highest BCUT2D eigenvalue weighted by molar-refractivity contribution is 6.57. The summed E-state index contributed by atoms with van der Waals surface area (Å²) < 4.78 is 5.10. The number of nitrogens with one attached hydrogen (secondary N) is 1. The van der Waals surface area contributed by atoms with Gasteiger partial charge in [0.1, 0.15) is 6.10 Å². The Morgan fingerprint density at radius 1 is 1.37 bits per heavy atom. The first-order valence-corrected chi connectivity index (χ1v) is 6.30. The molecule has 5 nitrogen and oxygen atoms in total. The van der Waals surface area contributed by atoms with Crippen LogP contribution in [0.2, 0.25) is 0 Å². The van der Waals surface area contributed by atoms with Crippen molar-refractivity contribution in [2.24, 2.45) is 0 Å². The van der Waals surface area contributed by atoms with E-state index in [1.165, 1.54) is 14.8 Å². The maximum atomic E-state index is 10.8. The van der Waals surface area contributed by atoms with Crippen molar-refractivity contribution in [2.45, 2.75) is 19.6 Å². The normalized spacial score (nSPS) is 14.7. The fraction of sp³-hybridized carbons (Fsp3) is 0.385. The molecule has 0 aliphatic carbocycles. The molecule has 1 heterocycles. The smallest absolute Gasteiger partial charge is 0.303 e. The van der Waals surface area contributed by atoms with Crippen LogP contribution < -0.4 is 10.2 Å². The molecule has 1 aromatic rings. The zero-order valence-electron chi connectivity index (χ0n) is 11.2. The summed E-state index contributed by atoms with van der Waals surface area (Å²) in [5, 5.41) is 2.76. The minimum atomic E-state index is -0.227. The van der Waals surface area contributed by atoms with Crippen LogP contribution in [0.25, 0.3) is 0 Å². The monoisotopic (exact) mass is 260 g/mol. The Morgan fingerprint density at radius 3 is 2.53 bits per heavy atom. The van der Waals surface area contributed by atoms with Gasteiger partial charge < -0.3 is 15.0 Å². The Morgan fingerprint density at radius 2 is 2.00 bits per heavy atom. The lowest BCUT2D eigenvalue weighted by Gasteiger charge is -2.40. The Labute approximate surface area is 113 Å². The highest BCUT2D eigenvalue weighted by Crippen LogP contribution is 2.22. The summed E-state index contributed by atoms with van der Waals surface area (Å²) in [5.41, 5.74) is 2.17. The Hall–Kier alpha value is -1.98. The Balaban J connectivity index is 1.83. The first-order chi connectivity index (χ1) is 9.04. The van der Waals surface area contributed by atoms with Crippen molar-refractivity contribution in [3.05, 3.63) is 29.8 Å². The summed E-state index contributed by atoms with van der Waals surface area (Å²) >= 11 is 0. The van der Waals surface area contributed by atoms with Gasteiger partial charge in [-0.1, -0.05) is 12.1 Å². The lowest BCUT2D eigenvalue weighted by atomic mass is 10.1. The quantitative estimate of drug-likeness (QED) is 0.624. The third-order valence-electron chi connectivity index (χ3n) is 3.02. The molecule has 6 heteroatoms. The fourth-order valence-electron chi connectivity index (χ4n) is 2.01. The molecule has 1 N–H and O–H groups in total. The SMILES string of the molecule is BC(=O)NCc1ccc(N2CC(OC(C)=O)C2)cc1. The summed E-state index contributed by atoms with van der Waals surface area (Å²) in [4.78, 5) is 23.7. The summed E-state index contributed by atoms with van der Waals surface area (Å²) in [6.45, 7) is 3.46. The van der Waals surface area contributed by atoms with Gasteiger partial charge in [-0.3, -0.25) is 9.59 Å². The van der Waals surface area contributed by atoms with E-state index in [2.05, 4.69) is 10.2 Å². The minimum absolute atomic E-state index is 0.0107. The molecule has 19 heavy (non-hydrogen) atoms. The zero-order chi connectivity index (χ0) is 13.8. The van der Waals surface area contributed by atoms with Crippen molar-refractivity contribution in [3.63, 3.8) is 0 Å². The number of carbonyl (C=O) groups excluding carboxylic acids is 2. The number of esters is 1. The molecule has 1 saturated heterocycles. The third-order valence-corrected chi connectivity index (χ3v) is 3.02. The summed E-state index contributed by atoms with van der Waals surface area (Å²) in [6, 6.07) is 8.01. The molecule has 0 spiro atoms. The topological polar surface area (TPSA) is 58.6 Å². The molecule has 0 saturated carbocycles. The van der Waals surface area contributed by atoms with E-state index in [-0.39, 0.29) is 17.9 Å². The van der Waals surface area contributed by atoms with E-state index in [0.717, 1.165) is 24.3 Å². The largest absolute Gasteiger partial charge is 0.459 e. The van der Waals surface area contributed by atoms with Crippen LogP contribution in [0.4, 0.5) is 10.5 Å². The highest BCUT2D eigenvalue weighted by atomic mass is 16.5. The number of hydrogen-bond donors (Lipinski definition) is 1. The van der Waals surface area contributed by atoms with E-state index in [1.807, 2.05) is 24.3 Å². The molecule has 0 unspecified atom stereocenters. The molecule has 1 fully saturated rings. The van der Waals surface area contributed by atoms with Gasteiger partial charge in [0.2, 0.25) is 7.85 Å². The fourth-order valence-corrected chi connectivity index (χ4v) is 2.01. The first-order valence-electron chi connectivity index (χ1n) is 6.30. The van der Waals surface area contributed by atoms with Crippen LogP contribution in [0.1, 0.15) is 12.5 Å². The average molecular weight is 260 g/mol. The molecular weight excluding hydrogens is 243 g/mol. The average Bonchev–Trinajstić information content (AvgIpc) is 2.31. The van der Waals surface area contributed by atoms with Gasteiger partial charge >= 0.3 is 5.97 Å². The maximum absolute atomic E-state index is 10.8. The first kappa shape index (κ1) is 13.5. The van der Waals surface area contributed by atoms with Crippen LogP contribution >= 0.6 is 0 Å². The van der Waals surface area contributed by atoms with Crippen molar-refractivity contribution in [3.8, 4) is 0 Å². The van der Waals surface area contributed by atoms with Crippen molar-refractivity contribution in [1.29, 1.82) is 0 Å². The van der Waals surface area contributed by atoms with Gasteiger partial charge in [0.15, 0.2) is 5.81 Å². The number of hydrogen-bond acceptors (Lipinski definition) is 4. The number of carbonyl (C=O) groups is 2. The van der Waals surface area contributed by atoms with Gasteiger partial charge in [-0.2, -0.15) is 0 Å². The number of benzene rings is 1. The molecule has 1 amide bonds. The van der Waals surface area contributed by atoms with Crippen LogP contribution in [0, 0.1) is 0 Å². The number of nitrogens with zero attached hydrogens (tertiary/aromatic N) is 1. The second kappa shape index (κ2) is 5.78. The predicted molar refractivity (Wildman–Crippen MR) is 75.0 cm³/mol. The van der Waals surface area contributed by atoms with E-state index < -0.39 is 0 Å². The van der Waals surface area contributed by atoms with Crippen LogP contribution in [-0.4, -0.2) is 38.8 Å². The molecule has 1 aliphatic rings. The van der Waals surface area contributed by atoms with Gasteiger partial charge in [-0.05, 0) is 17.7 Å². The van der Waals surface area contributed by atoms with Crippen LogP contribution in [-0.2, 0) is 16.1 Å². The van der Waals surface area contributed by atoms with E-state index in [9.17, 15) is 9.59 Å². The van der Waals surface area contributed by atoms with E-state index in [0.29, 0.717) is 6.54 Å². The Kier molecular flexibility index (Phi) is 4.09. The summed E-state index contributed by atoms with van der Waals surface area (Å²) in [6.07, 6.45) is 0.0107. The van der Waals surface area contributed by atoms with Crippen molar-refractivity contribution in [2.75, 3.05) is 18.0 Å². The number of amides is 1. The molecule has 1 aromatic carbocycles. The van der Waals surface area contributed by atoms with Crippen molar-refractivity contribution in [1.82, 2.24) is 5.32 Å². The van der Waals surface area contributed by atoms with E-state index >= 15 is 0 Å². The Bertz CT molecular complexity index is 469. The summed E-state index contributed by atoms with van der Waals surface area (Å²) in [7, 11) is 1.50. The van der Waals surface area contributed by atoms with Crippen molar-refractivity contribution >= 4 is 25.3 Å². The molecule has 0 bridgehead atoms. The molecule has 0 atom stereocenters. The van der Waals surface area contributed by atoms with Gasteiger partial charge in [0.25, 0.3) is 0 Å².